The number of para-hydroxylation sites is 1. The van der Waals surface area contributed by atoms with E-state index >= 15 is 0 Å². The SMILES string of the molecule is O=C(COc1ccccc1)NCCCCCCO. The Hall–Kier alpha value is -1.55. The Kier molecular flexibility index (Phi) is 7.64. The van der Waals surface area contributed by atoms with E-state index in [4.69, 9.17) is 9.84 Å². The standard InChI is InChI=1S/C14H21NO3/c16-11-7-2-1-6-10-15-14(17)12-18-13-8-4-3-5-9-13/h3-5,8-9,16H,1-2,6-7,10-12H2,(H,15,17). The fraction of sp³-hybridized carbons (Fsp3) is 0.500. The molecule has 100 valence electrons. The molecule has 1 rings (SSSR count). The minimum atomic E-state index is -0.0963. The van der Waals surface area contributed by atoms with Gasteiger partial charge in [0.25, 0.3) is 5.91 Å². The van der Waals surface area contributed by atoms with Gasteiger partial charge in [-0.3, -0.25) is 4.79 Å². The summed E-state index contributed by atoms with van der Waals surface area (Å²) in [6.07, 6.45) is 3.81. The minimum absolute atomic E-state index is 0.0562. The van der Waals surface area contributed by atoms with Crippen molar-refractivity contribution >= 4 is 5.91 Å². The second-order valence-corrected chi connectivity index (χ2v) is 4.09. The lowest BCUT2D eigenvalue weighted by Crippen LogP contribution is -2.29. The van der Waals surface area contributed by atoms with Crippen LogP contribution in [0.2, 0.25) is 0 Å². The van der Waals surface area contributed by atoms with Crippen LogP contribution in [0, 0.1) is 0 Å². The predicted molar refractivity (Wildman–Crippen MR) is 70.5 cm³/mol. The van der Waals surface area contributed by atoms with Gasteiger partial charge in [-0.1, -0.05) is 31.0 Å². The first-order chi connectivity index (χ1) is 8.83. The highest BCUT2D eigenvalue weighted by molar-refractivity contribution is 5.77. The van der Waals surface area contributed by atoms with Crippen LogP contribution in [0.15, 0.2) is 30.3 Å². The summed E-state index contributed by atoms with van der Waals surface area (Å²) < 4.78 is 5.32. The molecule has 0 saturated carbocycles. The molecule has 0 bridgehead atoms. The van der Waals surface area contributed by atoms with E-state index in [1.165, 1.54) is 0 Å². The molecule has 1 aromatic rings. The summed E-state index contributed by atoms with van der Waals surface area (Å²) in [4.78, 5) is 11.4. The molecule has 0 aromatic heterocycles. The highest BCUT2D eigenvalue weighted by Gasteiger charge is 2.01. The van der Waals surface area contributed by atoms with E-state index in [0.29, 0.717) is 12.3 Å². The lowest BCUT2D eigenvalue weighted by Gasteiger charge is -2.07. The molecule has 1 amide bonds. The molecule has 0 heterocycles. The third kappa shape index (κ3) is 6.91. The normalized spacial score (nSPS) is 10.1. The fourth-order valence-electron chi connectivity index (χ4n) is 1.53. The number of carbonyl (C=O) groups is 1. The maximum atomic E-state index is 11.4. The average molecular weight is 251 g/mol. The summed E-state index contributed by atoms with van der Waals surface area (Å²) >= 11 is 0. The lowest BCUT2D eigenvalue weighted by molar-refractivity contribution is -0.123. The molecule has 0 aliphatic heterocycles. The number of unbranched alkanes of at least 4 members (excludes halogenated alkanes) is 3. The number of rotatable bonds is 9. The smallest absolute Gasteiger partial charge is 0.257 e. The number of carbonyl (C=O) groups excluding carboxylic acids is 1. The molecule has 18 heavy (non-hydrogen) atoms. The predicted octanol–water partition coefficient (Wildman–Crippen LogP) is 1.73. The van der Waals surface area contributed by atoms with Crippen LogP contribution in [0.25, 0.3) is 0 Å². The Morgan fingerprint density at radius 1 is 1.11 bits per heavy atom. The van der Waals surface area contributed by atoms with Gasteiger partial charge in [0.15, 0.2) is 6.61 Å². The second-order valence-electron chi connectivity index (χ2n) is 4.09. The van der Waals surface area contributed by atoms with Gasteiger partial charge in [0.2, 0.25) is 0 Å². The van der Waals surface area contributed by atoms with E-state index < -0.39 is 0 Å². The van der Waals surface area contributed by atoms with Gasteiger partial charge in [-0.05, 0) is 25.0 Å². The molecule has 0 saturated heterocycles. The number of hydrogen-bond acceptors (Lipinski definition) is 3. The van der Waals surface area contributed by atoms with Gasteiger partial charge in [0.05, 0.1) is 0 Å². The summed E-state index contributed by atoms with van der Waals surface area (Å²) in [5.74, 6) is 0.608. The highest BCUT2D eigenvalue weighted by atomic mass is 16.5. The van der Waals surface area contributed by atoms with Gasteiger partial charge < -0.3 is 15.2 Å². The fourth-order valence-corrected chi connectivity index (χ4v) is 1.53. The molecular formula is C14H21NO3. The number of hydrogen-bond donors (Lipinski definition) is 2. The Bertz CT molecular complexity index is 327. The highest BCUT2D eigenvalue weighted by Crippen LogP contribution is 2.07. The molecule has 4 nitrogen and oxygen atoms in total. The zero-order valence-electron chi connectivity index (χ0n) is 10.6. The quantitative estimate of drug-likeness (QED) is 0.657. The molecule has 0 aliphatic rings. The van der Waals surface area contributed by atoms with Crippen molar-refractivity contribution in [2.24, 2.45) is 0 Å². The minimum Gasteiger partial charge on any atom is -0.484 e. The largest absolute Gasteiger partial charge is 0.484 e. The number of amides is 1. The third-order valence-corrected chi connectivity index (χ3v) is 2.52. The van der Waals surface area contributed by atoms with Gasteiger partial charge in [0.1, 0.15) is 5.75 Å². The monoisotopic (exact) mass is 251 g/mol. The van der Waals surface area contributed by atoms with Crippen LogP contribution >= 0.6 is 0 Å². The summed E-state index contributed by atoms with van der Waals surface area (Å²) in [5.41, 5.74) is 0. The third-order valence-electron chi connectivity index (χ3n) is 2.52. The second kappa shape index (κ2) is 9.48. The van der Waals surface area contributed by atoms with Crippen LogP contribution in [0.1, 0.15) is 25.7 Å². The van der Waals surface area contributed by atoms with Gasteiger partial charge >= 0.3 is 0 Å². The van der Waals surface area contributed by atoms with Crippen molar-refractivity contribution in [2.75, 3.05) is 19.8 Å². The molecular weight excluding hydrogens is 230 g/mol. The van der Waals surface area contributed by atoms with Crippen molar-refractivity contribution in [2.45, 2.75) is 25.7 Å². The van der Waals surface area contributed by atoms with Crippen LogP contribution < -0.4 is 10.1 Å². The number of benzene rings is 1. The van der Waals surface area contributed by atoms with Crippen LogP contribution in [0.4, 0.5) is 0 Å². The molecule has 2 N–H and O–H groups in total. The van der Waals surface area contributed by atoms with Crippen molar-refractivity contribution < 1.29 is 14.6 Å². The van der Waals surface area contributed by atoms with E-state index in [1.54, 1.807) is 0 Å². The van der Waals surface area contributed by atoms with E-state index in [9.17, 15) is 4.79 Å². The summed E-state index contributed by atoms with van der Waals surface area (Å²) in [7, 11) is 0. The molecule has 0 aliphatic carbocycles. The van der Waals surface area contributed by atoms with Gasteiger partial charge in [-0.15, -0.1) is 0 Å². The molecule has 0 radical (unpaired) electrons. The first-order valence-corrected chi connectivity index (χ1v) is 6.38. The maximum Gasteiger partial charge on any atom is 0.257 e. The number of aliphatic hydroxyl groups is 1. The zero-order chi connectivity index (χ0) is 13.1. The lowest BCUT2D eigenvalue weighted by atomic mass is 10.2. The van der Waals surface area contributed by atoms with E-state index in [0.717, 1.165) is 25.7 Å². The number of aliphatic hydroxyl groups excluding tert-OH is 1. The molecule has 4 heteroatoms. The molecule has 1 aromatic carbocycles. The van der Waals surface area contributed by atoms with E-state index in [-0.39, 0.29) is 19.1 Å². The van der Waals surface area contributed by atoms with Crippen LogP contribution in [0.3, 0.4) is 0 Å². The van der Waals surface area contributed by atoms with Crippen molar-refractivity contribution in [3.63, 3.8) is 0 Å². The molecule has 0 fully saturated rings. The topological polar surface area (TPSA) is 58.6 Å². The van der Waals surface area contributed by atoms with E-state index in [1.807, 2.05) is 30.3 Å². The Balaban J connectivity index is 2.01. The van der Waals surface area contributed by atoms with Crippen LogP contribution in [-0.2, 0) is 4.79 Å². The zero-order valence-corrected chi connectivity index (χ0v) is 10.6. The average Bonchev–Trinajstić information content (AvgIpc) is 2.41. The van der Waals surface area contributed by atoms with Crippen LogP contribution in [-0.4, -0.2) is 30.8 Å². The maximum absolute atomic E-state index is 11.4. The van der Waals surface area contributed by atoms with Crippen molar-refractivity contribution in [3.05, 3.63) is 30.3 Å². The molecule has 0 atom stereocenters. The Morgan fingerprint density at radius 3 is 2.56 bits per heavy atom. The molecule has 0 unspecified atom stereocenters. The first-order valence-electron chi connectivity index (χ1n) is 6.38. The van der Waals surface area contributed by atoms with Gasteiger partial charge in [-0.25, -0.2) is 0 Å². The summed E-state index contributed by atoms with van der Waals surface area (Å²) in [6, 6.07) is 9.28. The number of nitrogens with one attached hydrogen (secondary N) is 1. The van der Waals surface area contributed by atoms with Crippen molar-refractivity contribution in [1.29, 1.82) is 0 Å². The molecule has 0 spiro atoms. The first kappa shape index (κ1) is 14.5. The summed E-state index contributed by atoms with van der Waals surface area (Å²) in [6.45, 7) is 0.973. The van der Waals surface area contributed by atoms with E-state index in [2.05, 4.69) is 5.32 Å². The Labute approximate surface area is 108 Å². The number of ether oxygens (including phenoxy) is 1. The van der Waals surface area contributed by atoms with Gasteiger partial charge in [0, 0.05) is 13.2 Å². The van der Waals surface area contributed by atoms with Crippen molar-refractivity contribution in [1.82, 2.24) is 5.32 Å². The Morgan fingerprint density at radius 2 is 1.83 bits per heavy atom. The summed E-state index contributed by atoms with van der Waals surface area (Å²) in [5, 5.41) is 11.4. The van der Waals surface area contributed by atoms with Crippen molar-refractivity contribution in [3.8, 4) is 5.75 Å². The van der Waals surface area contributed by atoms with Gasteiger partial charge in [-0.2, -0.15) is 0 Å². The van der Waals surface area contributed by atoms with Crippen LogP contribution in [0.5, 0.6) is 5.75 Å².